The van der Waals surface area contributed by atoms with E-state index < -0.39 is 16.3 Å². The number of ether oxygens (including phenoxy) is 1. The summed E-state index contributed by atoms with van der Waals surface area (Å²) in [6, 6.07) is 15.1. The molecule has 1 aliphatic heterocycles. The molecule has 0 saturated carbocycles. The molecule has 1 aliphatic rings. The van der Waals surface area contributed by atoms with Gasteiger partial charge in [0.25, 0.3) is 11.6 Å². The van der Waals surface area contributed by atoms with Crippen LogP contribution in [0.2, 0.25) is 0 Å². The first-order valence-electron chi connectivity index (χ1n) is 10.9. The molecule has 2 heterocycles. The number of rotatable bonds is 5. The minimum Gasteiger partial charge on any atom is -0.497 e. The molecule has 0 aliphatic carbocycles. The zero-order chi connectivity index (χ0) is 24.2. The number of hydrogen-bond acceptors (Lipinski definition) is 7. The third-order valence-corrected chi connectivity index (χ3v) is 5.84. The van der Waals surface area contributed by atoms with Gasteiger partial charge < -0.3 is 14.5 Å². The van der Waals surface area contributed by atoms with Crippen molar-refractivity contribution in [3.8, 4) is 11.4 Å². The minimum absolute atomic E-state index is 0.162. The Morgan fingerprint density at radius 2 is 1.79 bits per heavy atom. The Hall–Kier alpha value is -4.21. The first kappa shape index (κ1) is 23.0. The van der Waals surface area contributed by atoms with E-state index in [4.69, 9.17) is 4.74 Å². The number of methoxy groups -OCH3 is 1. The maximum absolute atomic E-state index is 13.3. The molecule has 1 amide bonds. The van der Waals surface area contributed by atoms with Crippen LogP contribution in [-0.4, -0.2) is 58.8 Å². The first-order valence-corrected chi connectivity index (χ1v) is 10.9. The summed E-state index contributed by atoms with van der Waals surface area (Å²) in [6.45, 7) is 3.88. The molecular weight excluding hydrogens is 438 g/mol. The lowest BCUT2D eigenvalue weighted by Gasteiger charge is -2.24. The van der Waals surface area contributed by atoms with Gasteiger partial charge in [0, 0.05) is 49.7 Å². The van der Waals surface area contributed by atoms with Crippen LogP contribution >= 0.6 is 0 Å². The van der Waals surface area contributed by atoms with Crippen molar-refractivity contribution in [2.45, 2.75) is 13.3 Å². The summed E-state index contributed by atoms with van der Waals surface area (Å²) in [4.78, 5) is 40.7. The summed E-state index contributed by atoms with van der Waals surface area (Å²) < 4.78 is 6.50. The van der Waals surface area contributed by atoms with Gasteiger partial charge in [0.1, 0.15) is 11.4 Å². The molecule has 0 N–H and O–H groups in total. The fourth-order valence-electron chi connectivity index (χ4n) is 4.06. The highest BCUT2D eigenvalue weighted by Crippen LogP contribution is 2.23. The van der Waals surface area contributed by atoms with Crippen molar-refractivity contribution in [3.05, 3.63) is 86.3 Å². The van der Waals surface area contributed by atoms with Gasteiger partial charge in [-0.3, -0.25) is 19.7 Å². The smallest absolute Gasteiger partial charge is 0.294 e. The van der Waals surface area contributed by atoms with E-state index in [1.807, 2.05) is 24.3 Å². The highest BCUT2D eigenvalue weighted by atomic mass is 16.6. The normalized spacial score (nSPS) is 13.9. The first-order chi connectivity index (χ1) is 16.4. The van der Waals surface area contributed by atoms with E-state index in [0.717, 1.165) is 24.4 Å². The quantitative estimate of drug-likeness (QED) is 0.423. The Bertz CT molecular complexity index is 1270. The third kappa shape index (κ3) is 4.61. The number of anilines is 1. The summed E-state index contributed by atoms with van der Waals surface area (Å²) in [5.74, 6) is 0.296. The fourth-order valence-corrected chi connectivity index (χ4v) is 4.06. The van der Waals surface area contributed by atoms with E-state index in [1.54, 1.807) is 31.1 Å². The lowest BCUT2D eigenvalue weighted by Crippen LogP contribution is -2.39. The molecule has 0 unspecified atom stereocenters. The van der Waals surface area contributed by atoms with Crippen molar-refractivity contribution in [3.63, 3.8) is 0 Å². The Labute approximate surface area is 196 Å². The van der Waals surface area contributed by atoms with E-state index >= 15 is 0 Å². The molecule has 34 heavy (non-hydrogen) atoms. The van der Waals surface area contributed by atoms with Crippen molar-refractivity contribution in [1.82, 2.24) is 14.7 Å². The highest BCUT2D eigenvalue weighted by molar-refractivity contribution is 5.92. The fraction of sp³-hybridized carbons (Fsp3) is 0.292. The summed E-state index contributed by atoms with van der Waals surface area (Å²) in [5, 5.41) is 15.7. The molecule has 0 spiro atoms. The van der Waals surface area contributed by atoms with Gasteiger partial charge in [-0.25, -0.2) is 4.68 Å². The number of nitrogens with zero attached hydrogens (tertiary/aromatic N) is 5. The number of nitro groups is 1. The maximum Gasteiger partial charge on any atom is 0.294 e. The van der Waals surface area contributed by atoms with Crippen LogP contribution in [0.3, 0.4) is 0 Å². The summed E-state index contributed by atoms with van der Waals surface area (Å²) in [5.41, 5.74) is 0.709. The van der Waals surface area contributed by atoms with Crippen LogP contribution in [0, 0.1) is 17.0 Å². The van der Waals surface area contributed by atoms with Crippen molar-refractivity contribution in [2.24, 2.45) is 0 Å². The average Bonchev–Trinajstić information content (AvgIpc) is 3.10. The second kappa shape index (κ2) is 9.74. The zero-order valence-electron chi connectivity index (χ0n) is 19.0. The maximum atomic E-state index is 13.3. The van der Waals surface area contributed by atoms with E-state index in [0.29, 0.717) is 25.3 Å². The van der Waals surface area contributed by atoms with Crippen molar-refractivity contribution >= 4 is 17.3 Å². The van der Waals surface area contributed by atoms with Gasteiger partial charge in [-0.15, -0.1) is 0 Å². The number of aryl methyl sites for hydroxylation is 1. The summed E-state index contributed by atoms with van der Waals surface area (Å²) in [7, 11) is 1.62. The molecule has 3 aromatic rings. The van der Waals surface area contributed by atoms with Gasteiger partial charge in [-0.1, -0.05) is 12.1 Å². The van der Waals surface area contributed by atoms with Gasteiger partial charge in [-0.2, -0.15) is 5.10 Å². The molecule has 176 valence electrons. The third-order valence-electron chi connectivity index (χ3n) is 5.84. The molecule has 1 fully saturated rings. The highest BCUT2D eigenvalue weighted by Gasteiger charge is 2.25. The van der Waals surface area contributed by atoms with E-state index in [1.165, 1.54) is 22.9 Å². The molecule has 1 aromatic heterocycles. The largest absolute Gasteiger partial charge is 0.497 e. The van der Waals surface area contributed by atoms with Crippen molar-refractivity contribution in [1.29, 1.82) is 0 Å². The molecule has 0 atom stereocenters. The van der Waals surface area contributed by atoms with E-state index in [-0.39, 0.29) is 17.1 Å². The molecular formula is C24H25N5O5. The SMILES string of the molecule is COc1ccc(N2CCCN(C(=O)c3nn(-c4ccccc4[N+](=O)[O-])c(C)cc3=O)CC2)cc1. The Morgan fingerprint density at radius 3 is 2.50 bits per heavy atom. The van der Waals surface area contributed by atoms with Crippen LogP contribution in [0.5, 0.6) is 5.75 Å². The van der Waals surface area contributed by atoms with E-state index in [9.17, 15) is 19.7 Å². The van der Waals surface area contributed by atoms with Crippen LogP contribution in [0.15, 0.2) is 59.4 Å². The van der Waals surface area contributed by atoms with Gasteiger partial charge in [0.15, 0.2) is 5.69 Å². The Kier molecular flexibility index (Phi) is 6.58. The zero-order valence-corrected chi connectivity index (χ0v) is 19.0. The average molecular weight is 463 g/mol. The van der Waals surface area contributed by atoms with Crippen LogP contribution in [-0.2, 0) is 0 Å². The lowest BCUT2D eigenvalue weighted by atomic mass is 10.2. The molecule has 4 rings (SSSR count). The van der Waals surface area contributed by atoms with Crippen molar-refractivity contribution < 1.29 is 14.5 Å². The van der Waals surface area contributed by atoms with Gasteiger partial charge in [0.05, 0.1) is 12.0 Å². The second-order valence-electron chi connectivity index (χ2n) is 7.99. The standard InChI is InChI=1S/C24H25N5O5/c1-17-16-22(30)23(25-28(17)20-6-3-4-7-21(20)29(32)33)24(31)27-13-5-12-26(14-15-27)18-8-10-19(34-2)11-9-18/h3-4,6-11,16H,5,12-15H2,1-2H3. The van der Waals surface area contributed by atoms with Crippen LogP contribution in [0.1, 0.15) is 22.6 Å². The molecule has 10 heteroatoms. The number of para-hydroxylation sites is 2. The number of carbonyl (C=O) groups is 1. The predicted molar refractivity (Wildman–Crippen MR) is 127 cm³/mol. The number of carbonyl (C=O) groups excluding carboxylic acids is 1. The predicted octanol–water partition coefficient (Wildman–Crippen LogP) is 2.81. The van der Waals surface area contributed by atoms with E-state index in [2.05, 4.69) is 10.00 Å². The Morgan fingerprint density at radius 1 is 1.06 bits per heavy atom. The van der Waals surface area contributed by atoms with Crippen molar-refractivity contribution in [2.75, 3.05) is 38.2 Å². The Balaban J connectivity index is 1.59. The van der Waals surface area contributed by atoms with Crippen LogP contribution in [0.4, 0.5) is 11.4 Å². The number of amides is 1. The molecule has 10 nitrogen and oxygen atoms in total. The molecule has 0 radical (unpaired) electrons. The number of benzene rings is 2. The van der Waals surface area contributed by atoms with Crippen LogP contribution < -0.4 is 15.1 Å². The minimum atomic E-state index is -0.515. The summed E-state index contributed by atoms with van der Waals surface area (Å²) >= 11 is 0. The van der Waals surface area contributed by atoms with Crippen LogP contribution in [0.25, 0.3) is 5.69 Å². The van der Waals surface area contributed by atoms with Gasteiger partial charge in [-0.05, 0) is 43.7 Å². The number of hydrogen-bond donors (Lipinski definition) is 0. The lowest BCUT2D eigenvalue weighted by molar-refractivity contribution is -0.384. The monoisotopic (exact) mass is 463 g/mol. The van der Waals surface area contributed by atoms with Gasteiger partial charge >= 0.3 is 0 Å². The molecule has 0 bridgehead atoms. The number of aromatic nitrogens is 2. The van der Waals surface area contributed by atoms with Gasteiger partial charge in [0.2, 0.25) is 5.43 Å². The molecule has 1 saturated heterocycles. The molecule has 2 aromatic carbocycles. The number of nitro benzene ring substituents is 1. The second-order valence-corrected chi connectivity index (χ2v) is 7.99. The topological polar surface area (TPSA) is 111 Å². The summed E-state index contributed by atoms with van der Waals surface area (Å²) in [6.07, 6.45) is 0.724.